The molecular formula is C22H37N3O5S. The van der Waals surface area contributed by atoms with E-state index in [4.69, 9.17) is 4.74 Å². The summed E-state index contributed by atoms with van der Waals surface area (Å²) in [5.74, 6) is 0.698. The van der Waals surface area contributed by atoms with Crippen LogP contribution in [0.1, 0.15) is 51.4 Å². The van der Waals surface area contributed by atoms with Crippen molar-refractivity contribution in [2.75, 3.05) is 57.4 Å². The molecule has 3 saturated heterocycles. The molecule has 8 nitrogen and oxygen atoms in total. The third-order valence-electron chi connectivity index (χ3n) is 7.39. The molecule has 2 atom stereocenters. The number of amides is 2. The van der Waals surface area contributed by atoms with Crippen LogP contribution in [0, 0.1) is 5.92 Å². The molecule has 176 valence electrons. The van der Waals surface area contributed by atoms with E-state index >= 15 is 0 Å². The van der Waals surface area contributed by atoms with Gasteiger partial charge >= 0.3 is 0 Å². The van der Waals surface area contributed by atoms with Gasteiger partial charge in [-0.05, 0) is 32.1 Å². The molecule has 1 aliphatic carbocycles. The van der Waals surface area contributed by atoms with Crippen LogP contribution in [0.3, 0.4) is 0 Å². The maximum atomic E-state index is 13.2. The molecule has 4 fully saturated rings. The third-order valence-corrected chi connectivity index (χ3v) is 9.14. The summed E-state index contributed by atoms with van der Waals surface area (Å²) in [4.78, 5) is 31.9. The predicted octanol–water partition coefficient (Wildman–Crippen LogP) is 0.906. The number of hydrogen-bond acceptors (Lipinski definition) is 6. The van der Waals surface area contributed by atoms with Crippen molar-refractivity contribution in [3.05, 3.63) is 0 Å². The van der Waals surface area contributed by atoms with Gasteiger partial charge in [0.05, 0.1) is 24.2 Å². The zero-order chi connectivity index (χ0) is 21.8. The molecular weight excluding hydrogens is 418 g/mol. The highest BCUT2D eigenvalue weighted by atomic mass is 32.2. The van der Waals surface area contributed by atoms with Gasteiger partial charge in [0.2, 0.25) is 11.8 Å². The second-order valence-electron chi connectivity index (χ2n) is 9.67. The average molecular weight is 456 g/mol. The van der Waals surface area contributed by atoms with E-state index in [1.807, 2.05) is 4.90 Å². The Bertz CT molecular complexity index is 738. The summed E-state index contributed by atoms with van der Waals surface area (Å²) in [6.45, 7) is 4.22. The highest BCUT2D eigenvalue weighted by Crippen LogP contribution is 2.26. The van der Waals surface area contributed by atoms with E-state index in [1.165, 1.54) is 6.42 Å². The quantitative estimate of drug-likeness (QED) is 0.592. The van der Waals surface area contributed by atoms with Crippen LogP contribution in [0.25, 0.3) is 0 Å². The van der Waals surface area contributed by atoms with Crippen molar-refractivity contribution < 1.29 is 22.7 Å². The van der Waals surface area contributed by atoms with E-state index in [2.05, 4.69) is 4.90 Å². The van der Waals surface area contributed by atoms with Gasteiger partial charge in [-0.1, -0.05) is 19.3 Å². The van der Waals surface area contributed by atoms with Crippen molar-refractivity contribution in [2.24, 2.45) is 5.92 Å². The van der Waals surface area contributed by atoms with E-state index in [0.717, 1.165) is 38.5 Å². The number of piperazine rings is 1. The van der Waals surface area contributed by atoms with Gasteiger partial charge in [-0.15, -0.1) is 0 Å². The molecule has 9 heteroatoms. The monoisotopic (exact) mass is 455 g/mol. The fraction of sp³-hybridized carbons (Fsp3) is 0.909. The van der Waals surface area contributed by atoms with E-state index in [9.17, 15) is 18.0 Å². The SMILES string of the molecule is O=C(C1CCCCC1)N1CCN(CC(=O)N(CC2CCCO2)C2CCS(=O)(=O)C2)CC1. The van der Waals surface area contributed by atoms with Gasteiger partial charge in [0.15, 0.2) is 9.84 Å². The number of rotatable bonds is 6. The summed E-state index contributed by atoms with van der Waals surface area (Å²) in [6.07, 6.45) is 8.02. The smallest absolute Gasteiger partial charge is 0.237 e. The number of hydrogen-bond donors (Lipinski definition) is 0. The maximum Gasteiger partial charge on any atom is 0.237 e. The van der Waals surface area contributed by atoms with Gasteiger partial charge in [0, 0.05) is 51.3 Å². The first-order valence-corrected chi connectivity index (χ1v) is 13.9. The van der Waals surface area contributed by atoms with E-state index in [-0.39, 0.29) is 42.0 Å². The number of nitrogens with zero attached hydrogens (tertiary/aromatic N) is 3. The minimum Gasteiger partial charge on any atom is -0.376 e. The van der Waals surface area contributed by atoms with E-state index in [1.54, 1.807) is 4.90 Å². The Morgan fingerprint density at radius 2 is 1.68 bits per heavy atom. The number of sulfone groups is 1. The average Bonchev–Trinajstić information content (AvgIpc) is 3.41. The molecule has 0 bridgehead atoms. The summed E-state index contributed by atoms with van der Waals surface area (Å²) < 4.78 is 29.7. The summed E-state index contributed by atoms with van der Waals surface area (Å²) in [5, 5.41) is 0. The van der Waals surface area contributed by atoms with Gasteiger partial charge in [0.25, 0.3) is 0 Å². The number of carbonyl (C=O) groups is 2. The van der Waals surface area contributed by atoms with Crippen LogP contribution in [-0.2, 0) is 24.2 Å². The predicted molar refractivity (Wildman–Crippen MR) is 117 cm³/mol. The number of carbonyl (C=O) groups excluding carboxylic acids is 2. The first-order chi connectivity index (χ1) is 14.9. The summed E-state index contributed by atoms with van der Waals surface area (Å²) >= 11 is 0. The molecule has 0 N–H and O–H groups in total. The lowest BCUT2D eigenvalue weighted by molar-refractivity contribution is -0.140. The fourth-order valence-corrected chi connectivity index (χ4v) is 7.23. The zero-order valence-corrected chi connectivity index (χ0v) is 19.4. The van der Waals surface area contributed by atoms with Crippen LogP contribution in [0.4, 0.5) is 0 Å². The Balaban J connectivity index is 1.30. The highest BCUT2D eigenvalue weighted by Gasteiger charge is 2.37. The molecule has 0 spiro atoms. The standard InChI is InChI=1S/C22H37N3O5S/c26-21(25(15-20-7-4-13-30-20)19-8-14-31(28,29)17-19)16-23-9-11-24(12-10-23)22(27)18-5-2-1-3-6-18/h18-20H,1-17H2. The van der Waals surface area contributed by atoms with Gasteiger partial charge in [-0.3, -0.25) is 14.5 Å². The molecule has 4 rings (SSSR count). The summed E-state index contributed by atoms with van der Waals surface area (Å²) in [5.41, 5.74) is 0. The van der Waals surface area contributed by atoms with E-state index in [0.29, 0.717) is 51.7 Å². The van der Waals surface area contributed by atoms with Crippen LogP contribution >= 0.6 is 0 Å². The van der Waals surface area contributed by atoms with Gasteiger partial charge in [-0.25, -0.2) is 8.42 Å². The first kappa shape index (κ1) is 23.0. The Labute approximate surface area is 186 Å². The largest absolute Gasteiger partial charge is 0.376 e. The third kappa shape index (κ3) is 5.99. The van der Waals surface area contributed by atoms with Gasteiger partial charge < -0.3 is 14.5 Å². The van der Waals surface area contributed by atoms with Crippen molar-refractivity contribution in [3.63, 3.8) is 0 Å². The molecule has 3 heterocycles. The fourth-order valence-electron chi connectivity index (χ4n) is 5.50. The minimum absolute atomic E-state index is 0.00958. The van der Waals surface area contributed by atoms with Crippen molar-refractivity contribution in [3.8, 4) is 0 Å². The van der Waals surface area contributed by atoms with Crippen molar-refractivity contribution in [2.45, 2.75) is 63.5 Å². The van der Waals surface area contributed by atoms with Crippen LogP contribution in [0.2, 0.25) is 0 Å². The number of ether oxygens (including phenoxy) is 1. The molecule has 0 aromatic heterocycles. The summed E-state index contributed by atoms with van der Waals surface area (Å²) in [7, 11) is -3.06. The first-order valence-electron chi connectivity index (χ1n) is 12.0. The van der Waals surface area contributed by atoms with Crippen molar-refractivity contribution in [1.82, 2.24) is 14.7 Å². The minimum atomic E-state index is -3.06. The van der Waals surface area contributed by atoms with Crippen LogP contribution in [-0.4, -0.2) is 104 Å². The normalized spacial score (nSPS) is 29.9. The Morgan fingerprint density at radius 3 is 2.29 bits per heavy atom. The lowest BCUT2D eigenvalue weighted by atomic mass is 9.88. The van der Waals surface area contributed by atoms with Gasteiger partial charge in [-0.2, -0.15) is 0 Å². The molecule has 3 aliphatic heterocycles. The summed E-state index contributed by atoms with van der Waals surface area (Å²) in [6, 6.07) is -0.240. The van der Waals surface area contributed by atoms with Crippen LogP contribution < -0.4 is 0 Å². The van der Waals surface area contributed by atoms with Crippen LogP contribution in [0.15, 0.2) is 0 Å². The molecule has 0 aromatic carbocycles. The molecule has 0 aromatic rings. The second kappa shape index (κ2) is 10.2. The Hall–Kier alpha value is -1.19. The lowest BCUT2D eigenvalue weighted by Crippen LogP contribution is -2.54. The van der Waals surface area contributed by atoms with Crippen molar-refractivity contribution >= 4 is 21.7 Å². The van der Waals surface area contributed by atoms with Crippen LogP contribution in [0.5, 0.6) is 0 Å². The molecule has 4 aliphatic rings. The second-order valence-corrected chi connectivity index (χ2v) is 11.9. The molecule has 0 radical (unpaired) electrons. The van der Waals surface area contributed by atoms with Crippen molar-refractivity contribution in [1.29, 1.82) is 0 Å². The molecule has 1 saturated carbocycles. The lowest BCUT2D eigenvalue weighted by Gasteiger charge is -2.38. The highest BCUT2D eigenvalue weighted by molar-refractivity contribution is 7.91. The maximum absolute atomic E-state index is 13.2. The topological polar surface area (TPSA) is 87.2 Å². The van der Waals surface area contributed by atoms with E-state index < -0.39 is 9.84 Å². The molecule has 31 heavy (non-hydrogen) atoms. The molecule has 2 amide bonds. The van der Waals surface area contributed by atoms with Gasteiger partial charge in [0.1, 0.15) is 0 Å². The molecule has 2 unspecified atom stereocenters. The zero-order valence-electron chi connectivity index (χ0n) is 18.5. The Morgan fingerprint density at radius 1 is 0.935 bits per heavy atom. The Kier molecular flexibility index (Phi) is 7.54.